The van der Waals surface area contributed by atoms with Gasteiger partial charge in [0.05, 0.1) is 23.2 Å². The molecule has 1 aliphatic rings. The van der Waals surface area contributed by atoms with Crippen LogP contribution in [0.15, 0.2) is 42.5 Å². The van der Waals surface area contributed by atoms with Crippen molar-refractivity contribution in [1.29, 1.82) is 0 Å². The monoisotopic (exact) mass is 429 g/mol. The number of hydrogen-bond donors (Lipinski definition) is 0. The van der Waals surface area contributed by atoms with Gasteiger partial charge in [-0.05, 0) is 75.8 Å². The van der Waals surface area contributed by atoms with Gasteiger partial charge in [0.25, 0.3) is 0 Å². The van der Waals surface area contributed by atoms with Crippen molar-refractivity contribution in [3.05, 3.63) is 64.7 Å². The zero-order valence-electron chi connectivity index (χ0n) is 18.9. The minimum atomic E-state index is -3.06. The Labute approximate surface area is 182 Å². The smallest absolute Gasteiger partial charge is 0.156 e. The van der Waals surface area contributed by atoms with Crippen LogP contribution in [-0.2, 0) is 33.2 Å². The Balaban J connectivity index is 1.60. The first-order valence-corrected chi connectivity index (χ1v) is 12.6. The van der Waals surface area contributed by atoms with Gasteiger partial charge in [-0.2, -0.15) is 0 Å². The molecule has 0 spiro atoms. The van der Waals surface area contributed by atoms with E-state index in [4.69, 9.17) is 4.74 Å². The van der Waals surface area contributed by atoms with Crippen molar-refractivity contribution < 1.29 is 13.2 Å². The Morgan fingerprint density at radius 3 is 2.03 bits per heavy atom. The van der Waals surface area contributed by atoms with Gasteiger partial charge in [0.2, 0.25) is 0 Å². The summed E-state index contributed by atoms with van der Waals surface area (Å²) in [6, 6.07) is 14.8. The molecule has 2 atom stereocenters. The number of nitrogens with zero attached hydrogens (tertiary/aromatic N) is 1. The summed E-state index contributed by atoms with van der Waals surface area (Å²) in [4.78, 5) is 2.43. The van der Waals surface area contributed by atoms with E-state index in [2.05, 4.69) is 56.0 Å². The second-order valence-electron chi connectivity index (χ2n) is 8.96. The highest BCUT2D eigenvalue weighted by molar-refractivity contribution is 7.91. The van der Waals surface area contributed by atoms with Crippen LogP contribution in [-0.4, -0.2) is 39.0 Å². The van der Waals surface area contributed by atoms with Crippen LogP contribution in [0.3, 0.4) is 0 Å². The molecule has 2 aromatic rings. The van der Waals surface area contributed by atoms with Gasteiger partial charge in [-0.15, -0.1) is 0 Å². The van der Waals surface area contributed by atoms with E-state index in [-0.39, 0.29) is 23.2 Å². The molecular formula is C25H35NO3S. The van der Waals surface area contributed by atoms with Gasteiger partial charge in [0, 0.05) is 18.8 Å². The molecule has 0 aromatic heterocycles. The summed E-state index contributed by atoms with van der Waals surface area (Å²) in [6.45, 7) is 11.8. The number of rotatable bonds is 7. The predicted molar refractivity (Wildman–Crippen MR) is 125 cm³/mol. The van der Waals surface area contributed by atoms with Gasteiger partial charge in [0.15, 0.2) is 9.84 Å². The van der Waals surface area contributed by atoms with Crippen LogP contribution >= 0.6 is 0 Å². The van der Waals surface area contributed by atoms with Crippen LogP contribution in [0.4, 0.5) is 5.69 Å². The SMILES string of the molecule is Cc1cc(CCc2ccc(CS(=O)(=O)C(C)C)cc2)ccc1N1C[C@@H](C)O[C@@H](C)C1. The van der Waals surface area contributed by atoms with Crippen LogP contribution in [0.5, 0.6) is 0 Å². The number of benzene rings is 2. The van der Waals surface area contributed by atoms with Crippen LogP contribution < -0.4 is 4.90 Å². The topological polar surface area (TPSA) is 46.6 Å². The average Bonchev–Trinajstić information content (AvgIpc) is 2.66. The Bertz CT molecular complexity index is 941. The van der Waals surface area contributed by atoms with Crippen LogP contribution in [0.2, 0.25) is 0 Å². The van der Waals surface area contributed by atoms with E-state index < -0.39 is 9.84 Å². The third-order valence-corrected chi connectivity index (χ3v) is 8.01. The van der Waals surface area contributed by atoms with E-state index in [9.17, 15) is 8.42 Å². The van der Waals surface area contributed by atoms with Crippen LogP contribution in [0.25, 0.3) is 0 Å². The first-order chi connectivity index (χ1) is 14.1. The van der Waals surface area contributed by atoms with E-state index in [1.54, 1.807) is 13.8 Å². The Morgan fingerprint density at radius 2 is 1.47 bits per heavy atom. The molecule has 3 rings (SSSR count). The van der Waals surface area contributed by atoms with Gasteiger partial charge in [-0.1, -0.05) is 36.4 Å². The van der Waals surface area contributed by atoms with Crippen molar-refractivity contribution in [2.75, 3.05) is 18.0 Å². The fourth-order valence-electron chi connectivity index (χ4n) is 4.09. The first kappa shape index (κ1) is 22.8. The van der Waals surface area contributed by atoms with Crippen molar-refractivity contribution >= 4 is 15.5 Å². The summed E-state index contributed by atoms with van der Waals surface area (Å²) in [5, 5.41) is -0.340. The number of anilines is 1. The Morgan fingerprint density at radius 1 is 0.933 bits per heavy atom. The summed E-state index contributed by atoms with van der Waals surface area (Å²) in [7, 11) is -3.06. The van der Waals surface area contributed by atoms with Crippen molar-refractivity contribution in [2.45, 2.75) is 70.7 Å². The summed E-state index contributed by atoms with van der Waals surface area (Å²) in [5.41, 5.74) is 6.04. The first-order valence-electron chi connectivity index (χ1n) is 10.9. The maximum Gasteiger partial charge on any atom is 0.156 e. The molecule has 1 fully saturated rings. The third-order valence-electron chi connectivity index (χ3n) is 5.83. The standard InChI is InChI=1S/C25H35NO3S/c1-18(2)30(27,28)17-24-10-7-22(8-11-24)6-9-23-12-13-25(19(3)14-23)26-15-20(4)29-21(5)16-26/h7-8,10-14,18,20-21H,6,9,15-17H2,1-5H3/t20-,21+. The minimum absolute atomic E-state index is 0.115. The lowest BCUT2D eigenvalue weighted by Gasteiger charge is -2.37. The zero-order valence-corrected chi connectivity index (χ0v) is 19.7. The highest BCUT2D eigenvalue weighted by atomic mass is 32.2. The normalized spacial score (nSPS) is 20.0. The van der Waals surface area contributed by atoms with Crippen LogP contribution in [0, 0.1) is 6.92 Å². The van der Waals surface area contributed by atoms with E-state index in [1.165, 1.54) is 22.4 Å². The Kier molecular flexibility index (Phi) is 7.25. The van der Waals surface area contributed by atoms with Gasteiger partial charge >= 0.3 is 0 Å². The number of morpholine rings is 1. The van der Waals surface area contributed by atoms with E-state index in [0.717, 1.165) is 31.5 Å². The molecule has 0 unspecified atom stereocenters. The second-order valence-corrected chi connectivity index (χ2v) is 11.5. The highest BCUT2D eigenvalue weighted by Gasteiger charge is 2.23. The summed E-state index contributed by atoms with van der Waals surface area (Å²) >= 11 is 0. The molecule has 0 radical (unpaired) electrons. The van der Waals surface area contributed by atoms with Crippen molar-refractivity contribution in [3.8, 4) is 0 Å². The lowest BCUT2D eigenvalue weighted by Crippen LogP contribution is -2.45. The van der Waals surface area contributed by atoms with Gasteiger partial charge < -0.3 is 9.64 Å². The molecule has 0 N–H and O–H groups in total. The summed E-state index contributed by atoms with van der Waals surface area (Å²) < 4.78 is 30.0. The number of aryl methyl sites for hydroxylation is 3. The number of sulfone groups is 1. The van der Waals surface area contributed by atoms with Gasteiger partial charge in [-0.25, -0.2) is 8.42 Å². The average molecular weight is 430 g/mol. The molecule has 1 heterocycles. The largest absolute Gasteiger partial charge is 0.372 e. The van der Waals surface area contributed by atoms with Crippen molar-refractivity contribution in [1.82, 2.24) is 0 Å². The molecule has 30 heavy (non-hydrogen) atoms. The second kappa shape index (κ2) is 9.52. The highest BCUT2D eigenvalue weighted by Crippen LogP contribution is 2.25. The molecule has 2 aromatic carbocycles. The number of hydrogen-bond acceptors (Lipinski definition) is 4. The van der Waals surface area contributed by atoms with E-state index in [0.29, 0.717) is 0 Å². The maximum absolute atomic E-state index is 12.1. The van der Waals surface area contributed by atoms with Crippen LogP contribution in [0.1, 0.15) is 49.9 Å². The zero-order chi connectivity index (χ0) is 21.9. The number of ether oxygens (including phenoxy) is 1. The molecule has 0 aliphatic carbocycles. The minimum Gasteiger partial charge on any atom is -0.372 e. The molecule has 4 nitrogen and oxygen atoms in total. The quantitative estimate of drug-likeness (QED) is 0.639. The van der Waals surface area contributed by atoms with Crippen molar-refractivity contribution in [2.24, 2.45) is 0 Å². The third kappa shape index (κ3) is 5.86. The summed E-state index contributed by atoms with van der Waals surface area (Å²) in [6.07, 6.45) is 2.43. The lowest BCUT2D eigenvalue weighted by atomic mass is 10.0. The predicted octanol–water partition coefficient (Wildman–Crippen LogP) is 4.72. The summed E-state index contributed by atoms with van der Waals surface area (Å²) in [5.74, 6) is 0.115. The van der Waals surface area contributed by atoms with E-state index >= 15 is 0 Å². The molecule has 0 saturated carbocycles. The Hall–Kier alpha value is -1.85. The molecule has 0 amide bonds. The fraction of sp³-hybridized carbons (Fsp3) is 0.520. The maximum atomic E-state index is 12.1. The van der Waals surface area contributed by atoms with E-state index in [1.807, 2.05) is 12.1 Å². The molecule has 1 saturated heterocycles. The van der Waals surface area contributed by atoms with Gasteiger partial charge in [-0.3, -0.25) is 0 Å². The molecule has 5 heteroatoms. The lowest BCUT2D eigenvalue weighted by molar-refractivity contribution is -0.00524. The molecule has 1 aliphatic heterocycles. The van der Waals surface area contributed by atoms with Crippen molar-refractivity contribution in [3.63, 3.8) is 0 Å². The molecule has 164 valence electrons. The molecular weight excluding hydrogens is 394 g/mol. The van der Waals surface area contributed by atoms with Gasteiger partial charge in [0.1, 0.15) is 0 Å². The fourth-order valence-corrected chi connectivity index (χ4v) is 5.08. The molecule has 0 bridgehead atoms.